The first-order chi connectivity index (χ1) is 65.9. The average molecular weight is 1900 g/mol. The predicted octanol–water partition coefficient (Wildman–Crippen LogP) is 17.3. The van der Waals surface area contributed by atoms with Gasteiger partial charge in [-0.2, -0.15) is 44.8 Å². The van der Waals surface area contributed by atoms with Gasteiger partial charge in [0.05, 0.1) is 63.3 Å². The van der Waals surface area contributed by atoms with Crippen molar-refractivity contribution in [2.45, 2.75) is 73.9 Å². The summed E-state index contributed by atoms with van der Waals surface area (Å²) in [7, 11) is 0. The molecule has 0 saturated carbocycles. The lowest BCUT2D eigenvalue weighted by molar-refractivity contribution is -0.141. The molecule has 0 saturated heterocycles. The van der Waals surface area contributed by atoms with Crippen LogP contribution in [0.2, 0.25) is 0 Å². The molecular formula is C98H79F11N24O6. The third-order valence-corrected chi connectivity index (χ3v) is 19.7. The first-order valence-corrected chi connectivity index (χ1v) is 41.0. The zero-order valence-electron chi connectivity index (χ0n) is 74.5. The molecule has 41 heteroatoms. The van der Waals surface area contributed by atoms with Crippen molar-refractivity contribution in [3.63, 3.8) is 0 Å². The number of rotatable bonds is 21. The minimum atomic E-state index is -4.64. The van der Waals surface area contributed by atoms with Crippen molar-refractivity contribution in [3.05, 3.63) is 351 Å². The summed E-state index contributed by atoms with van der Waals surface area (Å²) in [5, 5.41) is 30.2. The van der Waals surface area contributed by atoms with E-state index in [4.69, 9.17) is 38.3 Å². The van der Waals surface area contributed by atoms with Crippen LogP contribution in [0.25, 0.3) is 127 Å². The molecule has 0 fully saturated rings. The van der Waals surface area contributed by atoms with Gasteiger partial charge in [0.15, 0.2) is 29.1 Å². The van der Waals surface area contributed by atoms with Crippen LogP contribution in [0.4, 0.5) is 48.3 Å². The molecule has 0 unspecified atom stereocenters. The first kappa shape index (κ1) is 99.7. The summed E-state index contributed by atoms with van der Waals surface area (Å²) in [4.78, 5) is 90.8. The smallest absolute Gasteiger partial charge is 0.433 e. The van der Waals surface area contributed by atoms with Crippen LogP contribution in [0, 0.1) is 78.4 Å². The quantitative estimate of drug-likeness (QED) is 0.0329. The molecule has 10 N–H and O–H groups in total. The fourth-order valence-electron chi connectivity index (χ4n) is 13.8. The molecule has 0 bridgehead atoms. The normalized spacial score (nSPS) is 11.9. The predicted molar refractivity (Wildman–Crippen MR) is 495 cm³/mol. The van der Waals surface area contributed by atoms with Crippen LogP contribution >= 0.6 is 0 Å². The van der Waals surface area contributed by atoms with Gasteiger partial charge in [-0.3, -0.25) is 38.9 Å². The number of aromatic nitrogens is 18. The van der Waals surface area contributed by atoms with Crippen molar-refractivity contribution in [2.75, 3.05) is 0 Å². The lowest BCUT2D eigenvalue weighted by Gasteiger charge is -2.09. The summed E-state index contributed by atoms with van der Waals surface area (Å²) >= 11 is 0. The van der Waals surface area contributed by atoms with E-state index in [1.807, 2.05) is 120 Å². The number of hydrogen-bond donors (Lipinski definition) is 5. The second kappa shape index (κ2) is 43.2. The Hall–Kier alpha value is -18.3. The van der Waals surface area contributed by atoms with Crippen LogP contribution in [-0.4, -0.2) is 118 Å². The minimum Gasteiger partial charge on any atom is -0.472 e. The van der Waals surface area contributed by atoms with Crippen LogP contribution in [0.15, 0.2) is 249 Å². The molecule has 16 rings (SSSR count). The molecule has 704 valence electrons. The Labute approximate surface area is 783 Å². The number of nitrogens with two attached hydrogens (primary N) is 5. The number of furan rings is 1. The Morgan fingerprint density at radius 1 is 0.345 bits per heavy atom. The molecule has 9 heterocycles. The highest BCUT2D eigenvalue weighted by Gasteiger charge is 2.35. The molecule has 0 atom stereocenters. The van der Waals surface area contributed by atoms with Gasteiger partial charge in [-0.1, -0.05) is 94.0 Å². The second-order valence-electron chi connectivity index (χ2n) is 31.0. The van der Waals surface area contributed by atoms with Crippen molar-refractivity contribution in [1.82, 2.24) is 88.8 Å². The summed E-state index contributed by atoms with van der Waals surface area (Å²) in [6.45, 7) is 15.0. The van der Waals surface area contributed by atoms with Gasteiger partial charge >= 0.3 is 18.5 Å². The summed E-state index contributed by atoms with van der Waals surface area (Å²) in [5.74, 6) is -3.32. The first-order valence-electron chi connectivity index (χ1n) is 41.0. The van der Waals surface area contributed by atoms with Crippen LogP contribution in [0.5, 0.6) is 0 Å². The minimum absolute atomic E-state index is 0.0155. The molecule has 0 radical (unpaired) electrons. The van der Waals surface area contributed by atoms with Gasteiger partial charge in [0, 0.05) is 106 Å². The summed E-state index contributed by atoms with van der Waals surface area (Å²) in [5.41, 5.74) is 37.8. The number of hydrogen-bond acceptors (Lipinski definition) is 20. The summed E-state index contributed by atoms with van der Waals surface area (Å²) in [6, 6.07) is 46.9. The number of primary amides is 5. The largest absolute Gasteiger partial charge is 0.472 e. The fourth-order valence-corrected chi connectivity index (χ4v) is 13.8. The Morgan fingerprint density at radius 3 is 1.01 bits per heavy atom. The Bertz CT molecular complexity index is 7440. The highest BCUT2D eigenvalue weighted by atomic mass is 19.4. The number of carbonyl (C=O) groups excluding carboxylic acids is 5. The van der Waals surface area contributed by atoms with Crippen LogP contribution in [0.3, 0.4) is 0 Å². The van der Waals surface area contributed by atoms with Gasteiger partial charge in [0.25, 0.3) is 29.5 Å². The zero-order chi connectivity index (χ0) is 100. The molecule has 0 aliphatic carbocycles. The molecular weight excluding hydrogens is 1820 g/mol. The number of halogens is 11. The van der Waals surface area contributed by atoms with Crippen molar-refractivity contribution in [2.24, 2.45) is 28.7 Å². The Morgan fingerprint density at radius 2 is 0.683 bits per heavy atom. The highest BCUT2D eigenvalue weighted by Crippen LogP contribution is 2.37. The van der Waals surface area contributed by atoms with E-state index in [0.29, 0.717) is 56.4 Å². The maximum Gasteiger partial charge on any atom is 0.433 e. The van der Waals surface area contributed by atoms with Crippen LogP contribution in [-0.2, 0) is 42.5 Å². The highest BCUT2D eigenvalue weighted by molar-refractivity contribution is 6.24. The topological polar surface area (TPSA) is 445 Å². The molecule has 5 amide bonds. The maximum absolute atomic E-state index is 14.8. The third-order valence-electron chi connectivity index (χ3n) is 19.7. The third kappa shape index (κ3) is 26.8. The van der Waals surface area contributed by atoms with E-state index in [9.17, 15) is 72.3 Å². The molecule has 30 nitrogen and oxygen atoms in total. The average Bonchev–Trinajstić information content (AvgIpc) is 1.58. The fraction of sp³-hybridized carbons (Fsp3) is 0.112. The molecule has 7 aromatic carbocycles. The van der Waals surface area contributed by atoms with E-state index in [1.54, 1.807) is 37.3 Å². The lowest BCUT2D eigenvalue weighted by Crippen LogP contribution is -2.15. The SMILES string of the molecule is Cc1cc(-c2ncn(/C=C(/C(N)=O)c3ccoc3)n2)cc(C(F)(F)F)c1.Cc1cc(-c2ncn(/C=C(/C(N)=O)c3cncc(F)c3)n2)cc(C(F)(F)F)c1.Cc1cc(C)cc(-c2ncn(/C=C(/C(N)=O)c3ccc(-c4ccccc4)c(F)c3)n2)c1.Cc1cc(C)cc(-c2ncn(/C=C(/C(N)=O)c3ccnc(C(F)(F)F)c3)n2)c1.Cc1cc(C)cc(-c2ncn(/C=C(/C(N)=O)c3cncc(C#N)c3)n2)c1. The number of carbonyl (C=O) groups is 5. The van der Waals surface area contributed by atoms with Crippen molar-refractivity contribution >= 4 is 88.4 Å². The standard InChI is InChI=1S/C25H21FN4O.C19H16F3N5O.C19H16N6O.C18H13F4N5O.C17H13F3N4O2/c1-16-10-17(2)12-20(11-16)25-28-15-30(29-25)14-22(24(27)31)19-8-9-21(23(26)13-19)18-6-4-3-5-7-18;1-11-5-12(2)7-14(6-11)18-25-10-27(26-18)9-15(17(23)28)13-3-4-24-16(8-13)19(20,21)22;1-12-3-13(2)5-15(4-12)19-23-11-25(24-19)10-17(18(21)26)16-6-14(7-20)8-22-9-16;1-10-2-11(4-13(3-10)18(20,21)22)17-25-9-27(26-17)8-15(16(23)28)12-5-14(19)7-24-6-12;1-10-4-12(6-13(5-10)17(18,19)20)16-22-9-24(23-16)7-14(15(21)25)11-2-3-26-8-11/h3-15H,1-2H3,(H2,27,31);3-10H,1-2H3,(H2,23,28);3-6,8-11H,1-2H3,(H2,21,26);2-9H,1H3,(H2,23,28);2-9H,1H3,(H2,21,25)/b22-14+;15-9+;17-10+;15-8+;14-7+. The van der Waals surface area contributed by atoms with E-state index in [-0.39, 0.29) is 61.8 Å². The van der Waals surface area contributed by atoms with E-state index < -0.39 is 76.5 Å². The molecule has 139 heavy (non-hydrogen) atoms. The van der Waals surface area contributed by atoms with Gasteiger partial charge in [0.2, 0.25) is 0 Å². The van der Waals surface area contributed by atoms with Crippen molar-refractivity contribution < 1.29 is 76.7 Å². The van der Waals surface area contributed by atoms with Gasteiger partial charge in [-0.15, -0.1) is 25.5 Å². The summed E-state index contributed by atoms with van der Waals surface area (Å²) in [6.07, 6.45) is 8.65. The molecule has 0 aliphatic heterocycles. The maximum atomic E-state index is 14.8. The molecule has 0 spiro atoms. The van der Waals surface area contributed by atoms with Crippen LogP contribution in [0.1, 0.15) is 94.7 Å². The number of amides is 5. The number of aryl methyl sites for hydroxylation is 8. The van der Waals surface area contributed by atoms with Crippen molar-refractivity contribution in [1.29, 1.82) is 5.26 Å². The van der Waals surface area contributed by atoms with Gasteiger partial charge in [-0.05, 0) is 192 Å². The van der Waals surface area contributed by atoms with Gasteiger partial charge < -0.3 is 33.1 Å². The van der Waals surface area contributed by atoms with E-state index in [0.717, 1.165) is 109 Å². The number of benzene rings is 7. The monoisotopic (exact) mass is 1900 g/mol. The number of alkyl halides is 9. The second-order valence-corrected chi connectivity index (χ2v) is 31.0. The zero-order valence-corrected chi connectivity index (χ0v) is 74.5. The van der Waals surface area contributed by atoms with E-state index >= 15 is 0 Å². The number of nitrogens with zero attached hydrogens (tertiary/aromatic N) is 19. The molecule has 0 aliphatic rings. The number of pyridine rings is 3. The molecule has 16 aromatic rings. The number of nitriles is 1. The van der Waals surface area contributed by atoms with Crippen LogP contribution < -0.4 is 28.7 Å². The Balaban J connectivity index is 0.000000156. The van der Waals surface area contributed by atoms with E-state index in [2.05, 4.69) is 77.5 Å². The van der Waals surface area contributed by atoms with E-state index in [1.165, 1.54) is 138 Å². The van der Waals surface area contributed by atoms with Gasteiger partial charge in [0.1, 0.15) is 55.0 Å². The molecule has 9 aromatic heterocycles. The lowest BCUT2D eigenvalue weighted by atomic mass is 10.00. The van der Waals surface area contributed by atoms with Crippen molar-refractivity contribution in [3.8, 4) is 74.1 Å². The van der Waals surface area contributed by atoms with Gasteiger partial charge in [-0.25, -0.2) is 57.1 Å². The Kier molecular flexibility index (Phi) is 31.0. The summed E-state index contributed by atoms with van der Waals surface area (Å²) < 4.78 is 156.